The van der Waals surface area contributed by atoms with Gasteiger partial charge in [0.1, 0.15) is 35.0 Å². The van der Waals surface area contributed by atoms with Crippen molar-refractivity contribution in [3.8, 4) is 0 Å². The summed E-state index contributed by atoms with van der Waals surface area (Å²) in [5, 5.41) is 20.1. The smallest absolute Gasteiger partial charge is 0.549 e. The molecule has 0 unspecified atom stereocenters. The van der Waals surface area contributed by atoms with Crippen LogP contribution in [0.4, 0.5) is 0 Å². The number of carboxylic acids is 2. The molecule has 0 radical (unpaired) electrons. The minimum atomic E-state index is -1.62. The molecule has 0 atom stereocenters. The van der Waals surface area contributed by atoms with Gasteiger partial charge in [0.2, 0.25) is 0 Å². The maximum Gasteiger partial charge on any atom is 2.00 e. The topological polar surface area (TPSA) is 149 Å². The summed E-state index contributed by atoms with van der Waals surface area (Å²) in [6, 6.07) is 0. The van der Waals surface area contributed by atoms with Gasteiger partial charge in [-0.25, -0.2) is 0 Å². The first-order valence-electron chi connectivity index (χ1n) is 5.37. The molecule has 0 amide bonds. The number of rotatable bonds is 6. The van der Waals surface area contributed by atoms with E-state index < -0.39 is 46.9 Å². The van der Waals surface area contributed by atoms with E-state index in [1.807, 2.05) is 0 Å². The predicted octanol–water partition coefficient (Wildman–Crippen LogP) is -2.94. The average Bonchev–Trinajstić information content (AvgIpc) is 2.12. The molecule has 0 fully saturated rings. The van der Waals surface area contributed by atoms with E-state index in [2.05, 4.69) is 0 Å². The minimum absolute atomic E-state index is 0. The molecule has 0 heterocycles. The van der Waals surface area contributed by atoms with E-state index in [9.17, 15) is 39.0 Å². The van der Waals surface area contributed by atoms with E-state index in [1.54, 1.807) is 0 Å². The van der Waals surface area contributed by atoms with Crippen molar-refractivity contribution in [2.45, 2.75) is 27.7 Å². The average molecular weight is 345 g/mol. The first kappa shape index (κ1) is 24.2. The van der Waals surface area contributed by atoms with E-state index in [4.69, 9.17) is 0 Å². The Hall–Kier alpha value is -1.89. The number of hydrogen-bond donors (Lipinski definition) is 0. The van der Waals surface area contributed by atoms with Gasteiger partial charge in [-0.1, -0.05) is 0 Å². The summed E-state index contributed by atoms with van der Waals surface area (Å²) in [5.74, 6) is -9.17. The maximum absolute atomic E-state index is 10.4. The Kier molecular flexibility index (Phi) is 12.5. The van der Waals surface area contributed by atoms with Crippen LogP contribution < -0.4 is 10.2 Å². The fourth-order valence-corrected chi connectivity index (χ4v) is 1.24. The number of hydrogen-bond acceptors (Lipinski definition) is 8. The van der Waals surface area contributed by atoms with Gasteiger partial charge >= 0.3 is 16.5 Å². The molecule has 0 rings (SSSR count). The van der Waals surface area contributed by atoms with E-state index in [0.717, 1.165) is 27.7 Å². The molecule has 0 aliphatic heterocycles. The molecule has 0 N–H and O–H groups in total. The Labute approximate surface area is 130 Å². The molecule has 0 aliphatic rings. The van der Waals surface area contributed by atoms with Crippen LogP contribution >= 0.6 is 0 Å². The predicted molar refractivity (Wildman–Crippen MR) is 59.7 cm³/mol. The number of carboxylic acid groups (broad SMARTS) is 2. The van der Waals surface area contributed by atoms with Crippen LogP contribution in [0, 0.1) is 11.8 Å². The molecule has 0 saturated heterocycles. The Morgan fingerprint density at radius 3 is 0.714 bits per heavy atom. The van der Waals surface area contributed by atoms with Gasteiger partial charge < -0.3 is 19.8 Å². The summed E-state index contributed by atoms with van der Waals surface area (Å²) in [4.78, 5) is 61.6. The zero-order valence-corrected chi connectivity index (χ0v) is 12.7. The van der Waals surface area contributed by atoms with E-state index in [1.165, 1.54) is 0 Å². The summed E-state index contributed by atoms with van der Waals surface area (Å²) in [6.45, 7) is 4.17. The molecule has 0 bridgehead atoms. The van der Waals surface area contributed by atoms with Crippen LogP contribution in [0.3, 0.4) is 0 Å². The molecule has 9 heteroatoms. The van der Waals surface area contributed by atoms with E-state index in [0.29, 0.717) is 0 Å². The van der Waals surface area contributed by atoms with Crippen LogP contribution in [0.5, 0.6) is 0 Å². The van der Waals surface area contributed by atoms with Crippen molar-refractivity contribution in [2.24, 2.45) is 11.8 Å². The number of aliphatic carboxylic acids is 2. The molecule has 0 aromatic heterocycles. The van der Waals surface area contributed by atoms with Gasteiger partial charge in [0, 0.05) is 0 Å². The first-order valence-corrected chi connectivity index (χ1v) is 5.37. The van der Waals surface area contributed by atoms with Crippen molar-refractivity contribution in [1.29, 1.82) is 0 Å². The largest absolute Gasteiger partial charge is 2.00 e. The Balaban J connectivity index is -0.000000295. The quantitative estimate of drug-likeness (QED) is 0.367. The second-order valence-corrected chi connectivity index (χ2v) is 3.95. The van der Waals surface area contributed by atoms with Crippen molar-refractivity contribution in [2.75, 3.05) is 0 Å². The summed E-state index contributed by atoms with van der Waals surface area (Å²) in [5.41, 5.74) is 0. The van der Waals surface area contributed by atoms with Crippen LogP contribution in [0.25, 0.3) is 0 Å². The summed E-state index contributed by atoms with van der Waals surface area (Å²) in [6.07, 6.45) is 0. The van der Waals surface area contributed by atoms with Gasteiger partial charge in [0.05, 0.1) is 11.9 Å². The second-order valence-electron chi connectivity index (χ2n) is 3.95. The van der Waals surface area contributed by atoms with Crippen LogP contribution in [0.1, 0.15) is 27.7 Å². The van der Waals surface area contributed by atoms with Crippen LogP contribution in [-0.2, 0) is 45.3 Å². The second kappa shape index (κ2) is 10.8. The van der Waals surface area contributed by atoms with Gasteiger partial charge in [-0.15, -0.1) is 0 Å². The third-order valence-corrected chi connectivity index (χ3v) is 2.10. The molecule has 0 saturated carbocycles. The van der Waals surface area contributed by atoms with Gasteiger partial charge in [0.25, 0.3) is 0 Å². The molecule has 0 aromatic rings. The molecular weight excluding hydrogens is 331 g/mol. The molecule has 21 heavy (non-hydrogen) atoms. The molecule has 8 nitrogen and oxygen atoms in total. The summed E-state index contributed by atoms with van der Waals surface area (Å²) in [7, 11) is 0. The van der Waals surface area contributed by atoms with E-state index >= 15 is 0 Å². The molecule has 0 spiro atoms. The normalized spacial score (nSPS) is 9.05. The van der Waals surface area contributed by atoms with Crippen molar-refractivity contribution in [1.82, 2.24) is 0 Å². The number of Topliss-reactive ketones (excluding diaryl/α,β-unsaturated/α-hetero) is 4. The van der Waals surface area contributed by atoms with Crippen LogP contribution in [0.2, 0.25) is 0 Å². The van der Waals surface area contributed by atoms with Crippen molar-refractivity contribution >= 4 is 35.1 Å². The van der Waals surface area contributed by atoms with Gasteiger partial charge in [-0.05, 0) is 27.7 Å². The van der Waals surface area contributed by atoms with Gasteiger partial charge in [-0.2, -0.15) is 0 Å². The fourth-order valence-electron chi connectivity index (χ4n) is 1.24. The van der Waals surface area contributed by atoms with Crippen LogP contribution in [0.15, 0.2) is 0 Å². The van der Waals surface area contributed by atoms with Crippen molar-refractivity contribution in [3.63, 3.8) is 0 Å². The SMILES string of the molecule is CC(=O)C(C(C)=O)C(=O)[O-].CC(=O)C(C(C)=O)C(=O)[O-].[Ni+2]. The monoisotopic (exact) mass is 344 g/mol. The van der Waals surface area contributed by atoms with Crippen molar-refractivity contribution in [3.05, 3.63) is 0 Å². The number of carbonyl (C=O) groups is 6. The number of ketones is 4. The number of carbonyl (C=O) groups excluding carboxylic acids is 6. The third kappa shape index (κ3) is 9.62. The summed E-state index contributed by atoms with van der Waals surface area (Å²) < 4.78 is 0. The van der Waals surface area contributed by atoms with Gasteiger partial charge in [-0.3, -0.25) is 19.2 Å². The van der Waals surface area contributed by atoms with E-state index in [-0.39, 0.29) is 16.5 Å². The third-order valence-electron chi connectivity index (χ3n) is 2.10. The zero-order chi connectivity index (χ0) is 16.6. The Bertz CT molecular complexity index is 346. The minimum Gasteiger partial charge on any atom is -0.549 e. The maximum atomic E-state index is 10.4. The molecular formula is C12H14NiO8. The van der Waals surface area contributed by atoms with Crippen molar-refractivity contribution < 1.29 is 55.5 Å². The van der Waals surface area contributed by atoms with Gasteiger partial charge in [0.15, 0.2) is 0 Å². The molecule has 0 aromatic carbocycles. The molecule has 0 aliphatic carbocycles. The fraction of sp³-hybridized carbons (Fsp3) is 0.500. The molecule has 120 valence electrons. The summed E-state index contributed by atoms with van der Waals surface area (Å²) >= 11 is 0. The Morgan fingerprint density at radius 2 is 0.714 bits per heavy atom. The standard InChI is InChI=1S/2C6H8O4.Ni/c2*1-3(7)5(4(2)8)6(9)10;/h2*5H,1-2H3,(H,9,10);/q;;+2/p-2. The first-order chi connectivity index (χ1) is 8.93. The zero-order valence-electron chi connectivity index (χ0n) is 11.7. The van der Waals surface area contributed by atoms with Crippen LogP contribution in [-0.4, -0.2) is 35.1 Å². The Morgan fingerprint density at radius 1 is 0.571 bits per heavy atom.